The molecule has 2 saturated heterocycles. The lowest BCUT2D eigenvalue weighted by Gasteiger charge is -2.08. The zero-order chi connectivity index (χ0) is 11.9. The smallest absolute Gasteiger partial charge is 0.0609 e. The van der Waals surface area contributed by atoms with Crippen molar-refractivity contribution >= 4 is 0 Å². The first kappa shape index (κ1) is 15.6. The highest BCUT2D eigenvalue weighted by molar-refractivity contribution is 4.60. The third-order valence-corrected chi connectivity index (χ3v) is 2.28. The number of rotatable bonds is 1. The molecule has 2 aliphatic rings. The molecule has 2 aliphatic heterocycles. The van der Waals surface area contributed by atoms with Gasteiger partial charge in [0.15, 0.2) is 0 Å². The lowest BCUT2D eigenvalue weighted by Crippen LogP contribution is -2.03. The van der Waals surface area contributed by atoms with Crippen LogP contribution in [0.2, 0.25) is 0 Å². The molecule has 0 amide bonds. The van der Waals surface area contributed by atoms with Crippen molar-refractivity contribution < 1.29 is 14.6 Å². The van der Waals surface area contributed by atoms with E-state index in [-0.39, 0.29) is 6.61 Å². The van der Waals surface area contributed by atoms with E-state index in [1.165, 1.54) is 44.6 Å². The van der Waals surface area contributed by atoms with Gasteiger partial charge in [-0.1, -0.05) is 6.08 Å². The van der Waals surface area contributed by atoms with Crippen LogP contribution >= 0.6 is 0 Å². The Labute approximate surface area is 99.5 Å². The Hall–Kier alpha value is -0.380. The van der Waals surface area contributed by atoms with E-state index in [9.17, 15) is 0 Å². The first-order valence-electron chi connectivity index (χ1n) is 6.29. The Kier molecular flexibility index (Phi) is 14.3. The van der Waals surface area contributed by atoms with E-state index in [1.807, 2.05) is 0 Å². The van der Waals surface area contributed by atoms with Crippen molar-refractivity contribution in [1.82, 2.24) is 0 Å². The number of hydrogen-bond donors (Lipinski definition) is 1. The first-order valence-corrected chi connectivity index (χ1v) is 6.29. The zero-order valence-corrected chi connectivity index (χ0v) is 10.3. The lowest BCUT2D eigenvalue weighted by molar-refractivity contribution is 0.0967. The molecule has 0 bridgehead atoms. The second kappa shape index (κ2) is 14.6. The Morgan fingerprint density at radius 1 is 0.812 bits per heavy atom. The summed E-state index contributed by atoms with van der Waals surface area (Å²) in [5, 5.41) is 7.76. The molecule has 3 nitrogen and oxygen atoms in total. The molecule has 0 spiro atoms. The summed E-state index contributed by atoms with van der Waals surface area (Å²) in [7, 11) is 0. The van der Waals surface area contributed by atoms with E-state index in [1.54, 1.807) is 0 Å². The molecule has 0 radical (unpaired) electrons. The molecule has 2 rings (SSSR count). The van der Waals surface area contributed by atoms with Crippen LogP contribution in [0, 0.1) is 0 Å². The first-order chi connectivity index (χ1) is 7.91. The molecule has 2 fully saturated rings. The Bertz CT molecular complexity index is 94.1. The molecule has 1 N–H and O–H groups in total. The van der Waals surface area contributed by atoms with Gasteiger partial charge in [0.1, 0.15) is 0 Å². The van der Waals surface area contributed by atoms with E-state index in [0.29, 0.717) is 0 Å². The van der Waals surface area contributed by atoms with Crippen LogP contribution in [0.4, 0.5) is 0 Å². The number of ether oxygens (including phenoxy) is 2. The van der Waals surface area contributed by atoms with Crippen molar-refractivity contribution in [2.75, 3.05) is 33.0 Å². The predicted octanol–water partition coefficient (Wildman–Crippen LogP) is 2.54. The normalized spacial score (nSPS) is 19.6. The maximum absolute atomic E-state index is 7.76. The topological polar surface area (TPSA) is 38.7 Å². The standard InChI is InChI=1S/2C5H10O.C3H6O/c2*1-2-4-6-5-3-1;1-2-3-4/h2*1-5H2;2,4H,1,3H2. The second-order valence-corrected chi connectivity index (χ2v) is 3.82. The van der Waals surface area contributed by atoms with Crippen LogP contribution in [-0.4, -0.2) is 38.1 Å². The molecule has 2 heterocycles. The molecule has 3 heteroatoms. The molecule has 0 aromatic carbocycles. The summed E-state index contributed by atoms with van der Waals surface area (Å²) in [6.07, 6.45) is 9.29. The van der Waals surface area contributed by atoms with Crippen LogP contribution in [0.3, 0.4) is 0 Å². The molecular formula is C13H26O3. The van der Waals surface area contributed by atoms with E-state index in [4.69, 9.17) is 14.6 Å². The molecular weight excluding hydrogens is 204 g/mol. The van der Waals surface area contributed by atoms with Crippen LogP contribution in [0.1, 0.15) is 38.5 Å². The van der Waals surface area contributed by atoms with Crippen LogP contribution < -0.4 is 0 Å². The van der Waals surface area contributed by atoms with Crippen molar-refractivity contribution in [3.05, 3.63) is 12.7 Å². The second-order valence-electron chi connectivity index (χ2n) is 3.82. The van der Waals surface area contributed by atoms with Gasteiger partial charge >= 0.3 is 0 Å². The summed E-state index contributed by atoms with van der Waals surface area (Å²) in [6, 6.07) is 0. The maximum Gasteiger partial charge on any atom is 0.0609 e. The van der Waals surface area contributed by atoms with Gasteiger partial charge in [0.05, 0.1) is 6.61 Å². The molecule has 0 saturated carbocycles. The molecule has 96 valence electrons. The lowest BCUT2D eigenvalue weighted by atomic mass is 10.2. The highest BCUT2D eigenvalue weighted by Gasteiger charge is 1.95. The van der Waals surface area contributed by atoms with Gasteiger partial charge in [0.2, 0.25) is 0 Å². The van der Waals surface area contributed by atoms with E-state index in [2.05, 4.69) is 6.58 Å². The summed E-state index contributed by atoms with van der Waals surface area (Å²) in [4.78, 5) is 0. The highest BCUT2D eigenvalue weighted by Crippen LogP contribution is 2.02. The highest BCUT2D eigenvalue weighted by atomic mass is 16.5. The molecule has 0 aliphatic carbocycles. The zero-order valence-electron chi connectivity index (χ0n) is 10.3. The van der Waals surface area contributed by atoms with Gasteiger partial charge < -0.3 is 14.6 Å². The van der Waals surface area contributed by atoms with Crippen molar-refractivity contribution in [1.29, 1.82) is 0 Å². The van der Waals surface area contributed by atoms with Crippen molar-refractivity contribution in [3.63, 3.8) is 0 Å². The van der Waals surface area contributed by atoms with Gasteiger partial charge in [-0.05, 0) is 38.5 Å². The van der Waals surface area contributed by atoms with E-state index < -0.39 is 0 Å². The summed E-state index contributed by atoms with van der Waals surface area (Å²) in [5.41, 5.74) is 0. The van der Waals surface area contributed by atoms with Crippen LogP contribution in [-0.2, 0) is 9.47 Å². The largest absolute Gasteiger partial charge is 0.392 e. The molecule has 0 atom stereocenters. The average Bonchev–Trinajstić information content (AvgIpc) is 2.44. The summed E-state index contributed by atoms with van der Waals surface area (Å²) in [5.74, 6) is 0. The summed E-state index contributed by atoms with van der Waals surface area (Å²) >= 11 is 0. The average molecular weight is 230 g/mol. The fourth-order valence-corrected chi connectivity index (χ4v) is 1.37. The summed E-state index contributed by atoms with van der Waals surface area (Å²) in [6.45, 7) is 7.31. The van der Waals surface area contributed by atoms with Crippen molar-refractivity contribution in [3.8, 4) is 0 Å². The van der Waals surface area contributed by atoms with Crippen molar-refractivity contribution in [2.45, 2.75) is 38.5 Å². The minimum atomic E-state index is 0.0833. The third kappa shape index (κ3) is 13.6. The number of aliphatic hydroxyl groups is 1. The summed E-state index contributed by atoms with van der Waals surface area (Å²) < 4.78 is 10.1. The van der Waals surface area contributed by atoms with E-state index >= 15 is 0 Å². The Morgan fingerprint density at radius 3 is 1.19 bits per heavy atom. The Morgan fingerprint density at radius 2 is 1.12 bits per heavy atom. The minimum Gasteiger partial charge on any atom is -0.392 e. The van der Waals surface area contributed by atoms with Gasteiger partial charge in [0.25, 0.3) is 0 Å². The fraction of sp³-hybridized carbons (Fsp3) is 0.846. The van der Waals surface area contributed by atoms with Crippen LogP contribution in [0.5, 0.6) is 0 Å². The van der Waals surface area contributed by atoms with Gasteiger partial charge in [0, 0.05) is 26.4 Å². The number of hydrogen-bond acceptors (Lipinski definition) is 3. The molecule has 16 heavy (non-hydrogen) atoms. The predicted molar refractivity (Wildman–Crippen MR) is 66.6 cm³/mol. The monoisotopic (exact) mass is 230 g/mol. The van der Waals surface area contributed by atoms with Gasteiger partial charge in [-0.25, -0.2) is 0 Å². The van der Waals surface area contributed by atoms with Crippen LogP contribution in [0.15, 0.2) is 12.7 Å². The number of aliphatic hydroxyl groups excluding tert-OH is 1. The minimum absolute atomic E-state index is 0.0833. The molecule has 0 aromatic heterocycles. The quantitative estimate of drug-likeness (QED) is 0.704. The van der Waals surface area contributed by atoms with Crippen LogP contribution in [0.25, 0.3) is 0 Å². The fourth-order valence-electron chi connectivity index (χ4n) is 1.37. The maximum atomic E-state index is 7.76. The van der Waals surface area contributed by atoms with Gasteiger partial charge in [-0.3, -0.25) is 0 Å². The van der Waals surface area contributed by atoms with Crippen molar-refractivity contribution in [2.24, 2.45) is 0 Å². The third-order valence-electron chi connectivity index (χ3n) is 2.28. The van der Waals surface area contributed by atoms with Gasteiger partial charge in [-0.2, -0.15) is 0 Å². The van der Waals surface area contributed by atoms with E-state index in [0.717, 1.165) is 26.4 Å². The van der Waals surface area contributed by atoms with Gasteiger partial charge in [-0.15, -0.1) is 6.58 Å². The molecule has 0 aromatic rings. The Balaban J connectivity index is 0.000000217. The molecule has 0 unspecified atom stereocenters. The SMILES string of the molecule is C1CCOCC1.C1CCOCC1.C=CCO.